The van der Waals surface area contributed by atoms with Gasteiger partial charge in [-0.25, -0.2) is 0 Å². The number of carbonyl (C=O) groups excluding carboxylic acids is 1. The van der Waals surface area contributed by atoms with Crippen molar-refractivity contribution >= 4 is 11.9 Å². The molecule has 1 atom stereocenters. The van der Waals surface area contributed by atoms with Gasteiger partial charge in [0.25, 0.3) is 0 Å². The third-order valence-corrected chi connectivity index (χ3v) is 2.88. The first-order valence-corrected chi connectivity index (χ1v) is 6.02. The van der Waals surface area contributed by atoms with Crippen molar-refractivity contribution < 1.29 is 29.3 Å². The Morgan fingerprint density at radius 2 is 1.89 bits per heavy atom. The molecule has 2 N–H and O–H groups in total. The lowest BCUT2D eigenvalue weighted by Crippen LogP contribution is -2.46. The Morgan fingerprint density at radius 3 is 2.28 bits per heavy atom. The fraction of sp³-hybridized carbons (Fsp3) is 0.833. The molecule has 6 nitrogen and oxygen atoms in total. The van der Waals surface area contributed by atoms with E-state index in [1.807, 2.05) is 0 Å². The highest BCUT2D eigenvalue weighted by molar-refractivity contribution is 5.99. The predicted octanol–water partition coefficient (Wildman–Crippen LogP) is 0.675. The highest BCUT2D eigenvalue weighted by Gasteiger charge is 2.50. The number of carboxylic acids is 1. The summed E-state index contributed by atoms with van der Waals surface area (Å²) in [5, 5.41) is 17.9. The molecule has 0 aromatic heterocycles. The van der Waals surface area contributed by atoms with Gasteiger partial charge in [0.05, 0.1) is 19.8 Å². The largest absolute Gasteiger partial charge is 0.480 e. The zero-order valence-corrected chi connectivity index (χ0v) is 11.1. The number of carbonyl (C=O) groups is 2. The van der Waals surface area contributed by atoms with E-state index < -0.39 is 23.3 Å². The lowest BCUT2D eigenvalue weighted by molar-refractivity contribution is -0.174. The summed E-state index contributed by atoms with van der Waals surface area (Å²) >= 11 is 0. The molecule has 18 heavy (non-hydrogen) atoms. The molecule has 0 rings (SSSR count). The Kier molecular flexibility index (Phi) is 7.54. The van der Waals surface area contributed by atoms with E-state index in [0.717, 1.165) is 0 Å². The van der Waals surface area contributed by atoms with Crippen molar-refractivity contribution in [3.8, 4) is 0 Å². The van der Waals surface area contributed by atoms with Gasteiger partial charge >= 0.3 is 11.9 Å². The summed E-state index contributed by atoms with van der Waals surface area (Å²) in [6, 6.07) is 0. The van der Waals surface area contributed by atoms with Crippen LogP contribution in [-0.2, 0) is 19.1 Å². The average molecular weight is 262 g/mol. The molecule has 0 heterocycles. The van der Waals surface area contributed by atoms with Crippen LogP contribution in [-0.4, -0.2) is 48.6 Å². The lowest BCUT2D eigenvalue weighted by Gasteiger charge is -2.30. The van der Waals surface area contributed by atoms with Crippen LogP contribution >= 0.6 is 0 Å². The standard InChI is InChI=1S/C12H22O6/c1-4-18-11(16)12(9(2)3,10(14)15)5-7-17-8-6-13/h9,13H,4-8H2,1-3H3,(H,14,15). The zero-order chi connectivity index (χ0) is 14.2. The summed E-state index contributed by atoms with van der Waals surface area (Å²) < 4.78 is 9.91. The number of hydrogen-bond acceptors (Lipinski definition) is 5. The van der Waals surface area contributed by atoms with Gasteiger partial charge in [0, 0.05) is 6.61 Å². The van der Waals surface area contributed by atoms with Gasteiger partial charge in [-0.2, -0.15) is 0 Å². The molecule has 0 bridgehead atoms. The van der Waals surface area contributed by atoms with Gasteiger partial charge in [-0.3, -0.25) is 9.59 Å². The number of aliphatic hydroxyl groups excluding tert-OH is 1. The zero-order valence-electron chi connectivity index (χ0n) is 11.1. The molecular formula is C12H22O6. The number of aliphatic carboxylic acids is 1. The number of ether oxygens (including phenoxy) is 2. The second-order valence-corrected chi connectivity index (χ2v) is 4.24. The minimum atomic E-state index is -1.59. The Bertz CT molecular complexity index is 276. The number of aliphatic hydroxyl groups is 1. The monoisotopic (exact) mass is 262 g/mol. The van der Waals surface area contributed by atoms with Gasteiger partial charge in [-0.15, -0.1) is 0 Å². The normalized spacial score (nSPS) is 14.3. The summed E-state index contributed by atoms with van der Waals surface area (Å²) in [6.07, 6.45) is 0.0266. The van der Waals surface area contributed by atoms with Crippen LogP contribution in [0.25, 0.3) is 0 Å². The quantitative estimate of drug-likeness (QED) is 0.360. The summed E-state index contributed by atoms with van der Waals surface area (Å²) in [7, 11) is 0. The molecule has 0 aromatic rings. The highest BCUT2D eigenvalue weighted by Crippen LogP contribution is 2.33. The van der Waals surface area contributed by atoms with Crippen molar-refractivity contribution in [1.82, 2.24) is 0 Å². The Hall–Kier alpha value is -1.14. The highest BCUT2D eigenvalue weighted by atomic mass is 16.5. The van der Waals surface area contributed by atoms with E-state index in [1.54, 1.807) is 20.8 Å². The molecular weight excluding hydrogens is 240 g/mol. The molecule has 0 spiro atoms. The van der Waals surface area contributed by atoms with Crippen LogP contribution in [0.3, 0.4) is 0 Å². The molecule has 0 fully saturated rings. The summed E-state index contributed by atoms with van der Waals surface area (Å²) in [6.45, 7) is 5.17. The third kappa shape index (κ3) is 3.96. The predicted molar refractivity (Wildman–Crippen MR) is 64.1 cm³/mol. The smallest absolute Gasteiger partial charge is 0.323 e. The second-order valence-electron chi connectivity index (χ2n) is 4.24. The molecule has 106 valence electrons. The van der Waals surface area contributed by atoms with E-state index >= 15 is 0 Å². The molecule has 0 aliphatic carbocycles. The fourth-order valence-corrected chi connectivity index (χ4v) is 1.73. The van der Waals surface area contributed by atoms with Crippen LogP contribution < -0.4 is 0 Å². The van der Waals surface area contributed by atoms with Gasteiger partial charge in [-0.05, 0) is 19.3 Å². The minimum Gasteiger partial charge on any atom is -0.480 e. The molecule has 0 saturated heterocycles. The molecule has 0 saturated carbocycles. The van der Waals surface area contributed by atoms with Crippen LogP contribution in [0.2, 0.25) is 0 Å². The maximum Gasteiger partial charge on any atom is 0.323 e. The van der Waals surface area contributed by atoms with Crippen LogP contribution in [0.15, 0.2) is 0 Å². The summed E-state index contributed by atoms with van der Waals surface area (Å²) in [5.41, 5.74) is -1.59. The van der Waals surface area contributed by atoms with E-state index in [0.29, 0.717) is 0 Å². The number of carboxylic acid groups (broad SMARTS) is 1. The SMILES string of the molecule is CCOC(=O)C(CCOCCO)(C(=O)O)C(C)C. The van der Waals surface area contributed by atoms with Crippen molar-refractivity contribution in [3.63, 3.8) is 0 Å². The summed E-state index contributed by atoms with van der Waals surface area (Å²) in [5.74, 6) is -2.35. The number of hydrogen-bond donors (Lipinski definition) is 2. The van der Waals surface area contributed by atoms with Gasteiger partial charge in [0.1, 0.15) is 0 Å². The number of rotatable bonds is 9. The van der Waals surface area contributed by atoms with Gasteiger partial charge in [0.15, 0.2) is 5.41 Å². The van der Waals surface area contributed by atoms with Crippen molar-refractivity contribution in [2.75, 3.05) is 26.4 Å². The summed E-state index contributed by atoms with van der Waals surface area (Å²) in [4.78, 5) is 23.3. The van der Waals surface area contributed by atoms with Crippen LogP contribution in [0.1, 0.15) is 27.2 Å². The minimum absolute atomic E-state index is 0.0266. The maximum absolute atomic E-state index is 11.9. The van der Waals surface area contributed by atoms with Gasteiger partial charge in [0.2, 0.25) is 0 Å². The van der Waals surface area contributed by atoms with E-state index in [-0.39, 0.29) is 32.8 Å². The molecule has 6 heteroatoms. The first-order valence-electron chi connectivity index (χ1n) is 6.02. The first-order chi connectivity index (χ1) is 8.43. The van der Waals surface area contributed by atoms with Crippen LogP contribution in [0, 0.1) is 11.3 Å². The fourth-order valence-electron chi connectivity index (χ4n) is 1.73. The third-order valence-electron chi connectivity index (χ3n) is 2.88. The van der Waals surface area contributed by atoms with Crippen molar-refractivity contribution in [3.05, 3.63) is 0 Å². The molecule has 0 radical (unpaired) electrons. The van der Waals surface area contributed by atoms with Crippen LogP contribution in [0.4, 0.5) is 0 Å². The van der Waals surface area contributed by atoms with Crippen molar-refractivity contribution in [2.45, 2.75) is 27.2 Å². The molecule has 1 unspecified atom stereocenters. The Labute approximate surface area is 107 Å². The Morgan fingerprint density at radius 1 is 1.28 bits per heavy atom. The van der Waals surface area contributed by atoms with Crippen LogP contribution in [0.5, 0.6) is 0 Å². The Balaban J connectivity index is 4.87. The first kappa shape index (κ1) is 16.9. The van der Waals surface area contributed by atoms with E-state index in [1.165, 1.54) is 0 Å². The molecule has 0 aromatic carbocycles. The van der Waals surface area contributed by atoms with Crippen molar-refractivity contribution in [2.24, 2.45) is 11.3 Å². The lowest BCUT2D eigenvalue weighted by atomic mass is 9.74. The molecule has 0 amide bonds. The number of esters is 1. The second kappa shape index (κ2) is 8.05. The van der Waals surface area contributed by atoms with Gasteiger partial charge < -0.3 is 19.7 Å². The van der Waals surface area contributed by atoms with E-state index in [4.69, 9.17) is 14.6 Å². The topological polar surface area (TPSA) is 93.1 Å². The van der Waals surface area contributed by atoms with Crippen molar-refractivity contribution in [1.29, 1.82) is 0 Å². The molecule has 0 aliphatic rings. The molecule has 0 aliphatic heterocycles. The average Bonchev–Trinajstić information content (AvgIpc) is 2.28. The van der Waals surface area contributed by atoms with E-state index in [9.17, 15) is 14.7 Å². The maximum atomic E-state index is 11.9. The van der Waals surface area contributed by atoms with E-state index in [2.05, 4.69) is 0 Å². The van der Waals surface area contributed by atoms with Gasteiger partial charge in [-0.1, -0.05) is 13.8 Å².